The smallest absolute Gasteiger partial charge is 0.251 e. The van der Waals surface area contributed by atoms with Crippen LogP contribution in [0.15, 0.2) is 12.1 Å². The third-order valence-corrected chi connectivity index (χ3v) is 3.25. The van der Waals surface area contributed by atoms with Gasteiger partial charge in [-0.2, -0.15) is 0 Å². The standard InChI is InChI=1S/C13H14F3NO3/c14-9-5-8(6-10(15)11(9)16)12(18)17-7-13(19)1-3-20-4-2-13/h5-6,19H,1-4,7H2,(H,17,18). The van der Waals surface area contributed by atoms with E-state index < -0.39 is 29.0 Å². The van der Waals surface area contributed by atoms with E-state index in [1.54, 1.807) is 0 Å². The SMILES string of the molecule is O=C(NCC1(O)CCOCC1)c1cc(F)c(F)c(F)c1. The summed E-state index contributed by atoms with van der Waals surface area (Å²) >= 11 is 0. The highest BCUT2D eigenvalue weighted by Gasteiger charge is 2.30. The molecule has 1 amide bonds. The van der Waals surface area contributed by atoms with Crippen molar-refractivity contribution in [3.63, 3.8) is 0 Å². The Morgan fingerprint density at radius 3 is 2.35 bits per heavy atom. The lowest BCUT2D eigenvalue weighted by Crippen LogP contribution is -2.46. The van der Waals surface area contributed by atoms with E-state index in [2.05, 4.69) is 5.32 Å². The topological polar surface area (TPSA) is 58.6 Å². The van der Waals surface area contributed by atoms with Crippen LogP contribution in [0.2, 0.25) is 0 Å². The van der Waals surface area contributed by atoms with Gasteiger partial charge >= 0.3 is 0 Å². The van der Waals surface area contributed by atoms with Crippen LogP contribution in [0.5, 0.6) is 0 Å². The summed E-state index contributed by atoms with van der Waals surface area (Å²) in [5.41, 5.74) is -1.43. The van der Waals surface area contributed by atoms with Crippen molar-refractivity contribution in [3.8, 4) is 0 Å². The van der Waals surface area contributed by atoms with Crippen LogP contribution < -0.4 is 5.32 Å². The first-order valence-corrected chi connectivity index (χ1v) is 6.14. The van der Waals surface area contributed by atoms with Gasteiger partial charge in [-0.1, -0.05) is 0 Å². The zero-order valence-electron chi connectivity index (χ0n) is 10.6. The molecule has 1 fully saturated rings. The van der Waals surface area contributed by atoms with E-state index in [-0.39, 0.29) is 12.1 Å². The zero-order chi connectivity index (χ0) is 14.8. The number of carbonyl (C=O) groups is 1. The Hall–Kier alpha value is -1.60. The van der Waals surface area contributed by atoms with E-state index >= 15 is 0 Å². The fraction of sp³-hybridized carbons (Fsp3) is 0.462. The fourth-order valence-corrected chi connectivity index (χ4v) is 1.96. The third-order valence-electron chi connectivity index (χ3n) is 3.25. The summed E-state index contributed by atoms with van der Waals surface area (Å²) in [5, 5.41) is 12.5. The molecular formula is C13H14F3NO3. The molecule has 0 bridgehead atoms. The highest BCUT2D eigenvalue weighted by molar-refractivity contribution is 5.94. The Morgan fingerprint density at radius 2 is 1.80 bits per heavy atom. The highest BCUT2D eigenvalue weighted by Crippen LogP contribution is 2.19. The second kappa shape index (κ2) is 5.80. The number of halogens is 3. The average molecular weight is 289 g/mol. The third kappa shape index (κ3) is 3.29. The number of hydrogen-bond donors (Lipinski definition) is 2. The molecule has 1 aromatic carbocycles. The van der Waals surface area contributed by atoms with Gasteiger partial charge in [0, 0.05) is 38.2 Å². The molecule has 0 unspecified atom stereocenters. The van der Waals surface area contributed by atoms with E-state index in [1.165, 1.54) is 0 Å². The summed E-state index contributed by atoms with van der Waals surface area (Å²) in [5.74, 6) is -5.26. The summed E-state index contributed by atoms with van der Waals surface area (Å²) in [6.45, 7) is 0.703. The van der Waals surface area contributed by atoms with Crippen molar-refractivity contribution in [1.29, 1.82) is 0 Å². The van der Waals surface area contributed by atoms with E-state index in [1.807, 2.05) is 0 Å². The lowest BCUT2D eigenvalue weighted by Gasteiger charge is -2.32. The quantitative estimate of drug-likeness (QED) is 0.826. The molecule has 4 nitrogen and oxygen atoms in total. The number of amides is 1. The van der Waals surface area contributed by atoms with Gasteiger partial charge < -0.3 is 15.2 Å². The largest absolute Gasteiger partial charge is 0.388 e. The molecule has 2 rings (SSSR count). The summed E-state index contributed by atoms with van der Waals surface area (Å²) in [4.78, 5) is 11.7. The molecule has 0 aromatic heterocycles. The van der Waals surface area contributed by atoms with Gasteiger partial charge in [-0.15, -0.1) is 0 Å². The molecule has 7 heteroatoms. The molecule has 0 atom stereocenters. The van der Waals surface area contributed by atoms with E-state index in [9.17, 15) is 23.1 Å². The lowest BCUT2D eigenvalue weighted by molar-refractivity contribution is -0.0605. The van der Waals surface area contributed by atoms with Crippen LogP contribution in [0.25, 0.3) is 0 Å². The van der Waals surface area contributed by atoms with E-state index in [4.69, 9.17) is 4.74 Å². The minimum atomic E-state index is -1.62. The van der Waals surface area contributed by atoms with Gasteiger partial charge in [-0.05, 0) is 12.1 Å². The summed E-state index contributed by atoms with van der Waals surface area (Å²) < 4.78 is 43.9. The summed E-state index contributed by atoms with van der Waals surface area (Å²) in [6, 6.07) is 1.23. The second-order valence-electron chi connectivity index (χ2n) is 4.77. The molecule has 2 N–H and O–H groups in total. The molecule has 0 spiro atoms. The molecule has 0 aliphatic carbocycles. The zero-order valence-corrected chi connectivity index (χ0v) is 10.6. The first-order chi connectivity index (χ1) is 9.41. The van der Waals surface area contributed by atoms with Gasteiger partial charge in [-0.3, -0.25) is 4.79 Å². The second-order valence-corrected chi connectivity index (χ2v) is 4.77. The van der Waals surface area contributed by atoms with Crippen molar-refractivity contribution >= 4 is 5.91 Å². The maximum atomic E-state index is 13.0. The minimum absolute atomic E-state index is 0.0597. The molecule has 110 valence electrons. The molecular weight excluding hydrogens is 275 g/mol. The van der Waals surface area contributed by atoms with Crippen LogP contribution in [0.3, 0.4) is 0 Å². The Labute approximate surface area is 113 Å². The average Bonchev–Trinajstić information content (AvgIpc) is 2.42. The Balaban J connectivity index is 2.01. The predicted molar refractivity (Wildman–Crippen MR) is 63.7 cm³/mol. The van der Waals surface area contributed by atoms with Crippen LogP contribution >= 0.6 is 0 Å². The first kappa shape index (κ1) is 14.8. The molecule has 1 aliphatic heterocycles. The molecule has 1 aromatic rings. The van der Waals surface area contributed by atoms with Crippen molar-refractivity contribution in [2.45, 2.75) is 18.4 Å². The van der Waals surface area contributed by atoms with Gasteiger partial charge in [0.15, 0.2) is 17.5 Å². The molecule has 1 heterocycles. The van der Waals surface area contributed by atoms with Crippen molar-refractivity contribution in [2.24, 2.45) is 0 Å². The van der Waals surface area contributed by atoms with Crippen molar-refractivity contribution in [3.05, 3.63) is 35.1 Å². The van der Waals surface area contributed by atoms with Crippen molar-refractivity contribution < 1.29 is 27.8 Å². The first-order valence-electron chi connectivity index (χ1n) is 6.14. The lowest BCUT2D eigenvalue weighted by atomic mass is 9.94. The van der Waals surface area contributed by atoms with Crippen LogP contribution in [0.1, 0.15) is 23.2 Å². The van der Waals surface area contributed by atoms with Crippen LogP contribution in [-0.4, -0.2) is 36.4 Å². The molecule has 1 saturated heterocycles. The van der Waals surface area contributed by atoms with E-state index in [0.29, 0.717) is 38.2 Å². The number of rotatable bonds is 3. The summed E-state index contributed by atoms with van der Waals surface area (Å²) in [7, 11) is 0. The highest BCUT2D eigenvalue weighted by atomic mass is 19.2. The molecule has 0 saturated carbocycles. The fourth-order valence-electron chi connectivity index (χ4n) is 1.96. The number of carbonyl (C=O) groups excluding carboxylic acids is 1. The van der Waals surface area contributed by atoms with Crippen molar-refractivity contribution in [2.75, 3.05) is 19.8 Å². The number of aliphatic hydroxyl groups is 1. The van der Waals surface area contributed by atoms with Crippen LogP contribution in [0, 0.1) is 17.5 Å². The Morgan fingerprint density at radius 1 is 1.25 bits per heavy atom. The maximum absolute atomic E-state index is 13.0. The van der Waals surface area contributed by atoms with Gasteiger partial charge in [0.2, 0.25) is 0 Å². The monoisotopic (exact) mass is 289 g/mol. The Bertz CT molecular complexity index is 493. The van der Waals surface area contributed by atoms with Gasteiger partial charge in [0.1, 0.15) is 0 Å². The molecule has 0 radical (unpaired) electrons. The predicted octanol–water partition coefficient (Wildman–Crippen LogP) is 1.38. The molecule has 1 aliphatic rings. The number of nitrogens with one attached hydrogen (secondary N) is 1. The summed E-state index contributed by atoms with van der Waals surface area (Å²) in [6.07, 6.45) is 0.721. The van der Waals surface area contributed by atoms with Crippen LogP contribution in [0.4, 0.5) is 13.2 Å². The van der Waals surface area contributed by atoms with Gasteiger partial charge in [0.05, 0.1) is 5.60 Å². The maximum Gasteiger partial charge on any atom is 0.251 e. The minimum Gasteiger partial charge on any atom is -0.388 e. The van der Waals surface area contributed by atoms with E-state index in [0.717, 1.165) is 0 Å². The van der Waals surface area contributed by atoms with Gasteiger partial charge in [0.25, 0.3) is 5.91 Å². The normalized spacial score (nSPS) is 17.8. The number of benzene rings is 1. The van der Waals surface area contributed by atoms with Crippen molar-refractivity contribution in [1.82, 2.24) is 5.32 Å². The number of hydrogen-bond acceptors (Lipinski definition) is 3. The Kier molecular flexibility index (Phi) is 4.29. The molecule has 20 heavy (non-hydrogen) atoms. The number of ether oxygens (including phenoxy) is 1. The van der Waals surface area contributed by atoms with Crippen LogP contribution in [-0.2, 0) is 4.74 Å². The van der Waals surface area contributed by atoms with Gasteiger partial charge in [-0.25, -0.2) is 13.2 Å².